The normalized spacial score (nSPS) is 19.5. The van der Waals surface area contributed by atoms with Crippen LogP contribution in [0.25, 0.3) is 0 Å². The molecule has 1 atom stereocenters. The Bertz CT molecular complexity index is 771. The van der Waals surface area contributed by atoms with Gasteiger partial charge in [0.1, 0.15) is 10.8 Å². The number of aromatic nitrogens is 2. The van der Waals surface area contributed by atoms with E-state index < -0.39 is 0 Å². The molecule has 1 aliphatic heterocycles. The van der Waals surface area contributed by atoms with Crippen molar-refractivity contribution in [1.29, 1.82) is 0 Å². The van der Waals surface area contributed by atoms with Gasteiger partial charge in [-0.3, -0.25) is 5.32 Å². The molecule has 4 rings (SSSR count). The molecule has 1 unspecified atom stereocenters. The van der Waals surface area contributed by atoms with Gasteiger partial charge >= 0.3 is 6.03 Å². The molecule has 2 aromatic rings. The highest BCUT2D eigenvalue weighted by atomic mass is 32.1. The second-order valence-electron chi connectivity index (χ2n) is 6.79. The van der Waals surface area contributed by atoms with E-state index in [1.165, 1.54) is 11.3 Å². The summed E-state index contributed by atoms with van der Waals surface area (Å²) in [5, 5.41) is 22.7. The summed E-state index contributed by atoms with van der Waals surface area (Å²) in [6, 6.07) is 6.82. The van der Waals surface area contributed by atoms with Crippen LogP contribution in [0.15, 0.2) is 24.3 Å². The van der Waals surface area contributed by atoms with Crippen LogP contribution in [0, 0.1) is 0 Å². The Morgan fingerprint density at radius 2 is 2.15 bits per heavy atom. The number of benzene rings is 1. The minimum atomic E-state index is -0.248. The van der Waals surface area contributed by atoms with Gasteiger partial charge in [0.2, 0.25) is 5.13 Å². The van der Waals surface area contributed by atoms with E-state index in [4.69, 9.17) is 4.74 Å². The second-order valence-corrected chi connectivity index (χ2v) is 7.80. The van der Waals surface area contributed by atoms with Crippen molar-refractivity contribution in [3.05, 3.63) is 34.8 Å². The molecular weight excluding hydrogens is 352 g/mol. The van der Waals surface area contributed by atoms with Crippen molar-refractivity contribution in [2.45, 2.75) is 44.2 Å². The highest BCUT2D eigenvalue weighted by Gasteiger charge is 2.28. The number of aromatic hydroxyl groups is 1. The molecule has 0 bridgehead atoms. The zero-order chi connectivity index (χ0) is 17.9. The van der Waals surface area contributed by atoms with Gasteiger partial charge in [-0.2, -0.15) is 0 Å². The predicted octanol–water partition coefficient (Wildman–Crippen LogP) is 3.33. The number of nitrogens with one attached hydrogen (secondary N) is 1. The number of nitrogens with zero attached hydrogens (tertiary/aromatic N) is 3. The number of phenols is 1. The lowest BCUT2D eigenvalue weighted by molar-refractivity contribution is 0.0817. The Hall–Kier alpha value is -2.19. The van der Waals surface area contributed by atoms with Crippen LogP contribution in [0.3, 0.4) is 0 Å². The number of amides is 2. The van der Waals surface area contributed by atoms with Crippen molar-refractivity contribution in [2.75, 3.05) is 18.5 Å². The van der Waals surface area contributed by atoms with E-state index in [0.29, 0.717) is 29.7 Å². The van der Waals surface area contributed by atoms with Crippen LogP contribution in [0.5, 0.6) is 5.75 Å². The molecule has 2 fully saturated rings. The number of hydrogen-bond donors (Lipinski definition) is 2. The summed E-state index contributed by atoms with van der Waals surface area (Å²) in [6.45, 7) is 1.53. The summed E-state index contributed by atoms with van der Waals surface area (Å²) in [7, 11) is 0. The third kappa shape index (κ3) is 4.13. The number of anilines is 1. The van der Waals surface area contributed by atoms with Crippen LogP contribution >= 0.6 is 11.3 Å². The fourth-order valence-electron chi connectivity index (χ4n) is 3.05. The second kappa shape index (κ2) is 7.59. The van der Waals surface area contributed by atoms with Gasteiger partial charge in [-0.25, -0.2) is 4.79 Å². The average Bonchev–Trinajstić information content (AvgIpc) is 3.15. The zero-order valence-electron chi connectivity index (χ0n) is 14.4. The van der Waals surface area contributed by atoms with Gasteiger partial charge in [-0.15, -0.1) is 10.2 Å². The number of rotatable bonds is 6. The number of ether oxygens (including phenoxy) is 1. The first-order chi connectivity index (χ1) is 12.7. The van der Waals surface area contributed by atoms with Crippen molar-refractivity contribution in [1.82, 2.24) is 15.1 Å². The fourth-order valence-corrected chi connectivity index (χ4v) is 3.96. The summed E-state index contributed by atoms with van der Waals surface area (Å²) in [6.07, 6.45) is 4.29. The number of hydrogen-bond acceptors (Lipinski definition) is 6. The topological polar surface area (TPSA) is 87.6 Å². The molecule has 0 spiro atoms. The summed E-state index contributed by atoms with van der Waals surface area (Å²) >= 11 is 1.44. The molecule has 2 amide bonds. The smallest absolute Gasteiger partial charge is 0.324 e. The molecule has 138 valence electrons. The molecule has 26 heavy (non-hydrogen) atoms. The van der Waals surface area contributed by atoms with Gasteiger partial charge in [0, 0.05) is 24.6 Å². The van der Waals surface area contributed by atoms with Crippen molar-refractivity contribution < 1.29 is 14.6 Å². The maximum atomic E-state index is 12.8. The summed E-state index contributed by atoms with van der Waals surface area (Å²) in [4.78, 5) is 14.5. The third-order valence-corrected chi connectivity index (χ3v) is 5.67. The van der Waals surface area contributed by atoms with Gasteiger partial charge in [0.05, 0.1) is 12.6 Å². The van der Waals surface area contributed by atoms with Crippen molar-refractivity contribution in [3.8, 4) is 5.75 Å². The van der Waals surface area contributed by atoms with Gasteiger partial charge in [-0.05, 0) is 31.7 Å². The first-order valence-corrected chi connectivity index (χ1v) is 9.78. The highest BCUT2D eigenvalue weighted by molar-refractivity contribution is 7.15. The Balaban J connectivity index is 1.46. The van der Waals surface area contributed by atoms with Gasteiger partial charge in [0.15, 0.2) is 0 Å². The summed E-state index contributed by atoms with van der Waals surface area (Å²) < 4.78 is 5.69. The molecule has 2 heterocycles. The quantitative estimate of drug-likeness (QED) is 0.810. The lowest BCUT2D eigenvalue weighted by Gasteiger charge is -2.25. The molecule has 8 heteroatoms. The van der Waals surface area contributed by atoms with E-state index in [1.54, 1.807) is 17.0 Å². The predicted molar refractivity (Wildman–Crippen MR) is 98.4 cm³/mol. The lowest BCUT2D eigenvalue weighted by atomic mass is 10.1. The minimum absolute atomic E-state index is 0.0306. The molecule has 1 aliphatic carbocycles. The van der Waals surface area contributed by atoms with Crippen LogP contribution < -0.4 is 5.32 Å². The number of carbonyl (C=O) groups excluding carboxylic acids is 1. The average molecular weight is 374 g/mol. The number of para-hydroxylation sites is 1. The third-order valence-electron chi connectivity index (χ3n) is 4.67. The monoisotopic (exact) mass is 374 g/mol. The van der Waals surface area contributed by atoms with Crippen LogP contribution in [0.1, 0.15) is 42.2 Å². The van der Waals surface area contributed by atoms with Crippen molar-refractivity contribution in [2.24, 2.45) is 0 Å². The largest absolute Gasteiger partial charge is 0.508 e. The van der Waals surface area contributed by atoms with E-state index in [1.807, 2.05) is 12.1 Å². The van der Waals surface area contributed by atoms with Gasteiger partial charge in [-0.1, -0.05) is 29.5 Å². The van der Waals surface area contributed by atoms with Crippen LogP contribution in [0.4, 0.5) is 9.93 Å². The molecule has 1 aromatic heterocycles. The van der Waals surface area contributed by atoms with Gasteiger partial charge in [0.25, 0.3) is 0 Å². The van der Waals surface area contributed by atoms with E-state index in [9.17, 15) is 9.90 Å². The standard InChI is InChI=1S/C18H22N4O3S/c23-15-6-2-1-4-13(15)10-22(11-14-5-3-9-25-14)18(24)19-17-21-20-16(26-17)12-7-8-12/h1-2,4,6,12,14,23H,3,5,7-11H2,(H,19,21,24). The molecule has 0 radical (unpaired) electrons. The van der Waals surface area contributed by atoms with E-state index in [2.05, 4.69) is 15.5 Å². The van der Waals surface area contributed by atoms with Crippen LogP contribution in [0.2, 0.25) is 0 Å². The first kappa shape index (κ1) is 17.2. The molecule has 2 N–H and O–H groups in total. The fraction of sp³-hybridized carbons (Fsp3) is 0.500. The zero-order valence-corrected chi connectivity index (χ0v) is 15.2. The number of phenolic OH excluding ortho intramolecular Hbond substituents is 1. The Kier molecular flexibility index (Phi) is 5.03. The molecular formula is C18H22N4O3S. The van der Waals surface area contributed by atoms with Gasteiger partial charge < -0.3 is 14.7 Å². The highest BCUT2D eigenvalue weighted by Crippen LogP contribution is 2.42. The van der Waals surface area contributed by atoms with E-state index in [0.717, 1.165) is 37.3 Å². The summed E-state index contributed by atoms with van der Waals surface area (Å²) in [5.41, 5.74) is 0.705. The maximum Gasteiger partial charge on any atom is 0.324 e. The first-order valence-electron chi connectivity index (χ1n) is 8.97. The molecule has 1 saturated carbocycles. The Morgan fingerprint density at radius 3 is 2.88 bits per heavy atom. The summed E-state index contributed by atoms with van der Waals surface area (Å²) in [5.74, 6) is 0.701. The molecule has 7 nitrogen and oxygen atoms in total. The Labute approximate surface area is 156 Å². The molecule has 1 saturated heterocycles. The minimum Gasteiger partial charge on any atom is -0.508 e. The van der Waals surface area contributed by atoms with Crippen molar-refractivity contribution >= 4 is 22.5 Å². The Morgan fingerprint density at radius 1 is 1.31 bits per heavy atom. The van der Waals surface area contributed by atoms with E-state index >= 15 is 0 Å². The van der Waals surface area contributed by atoms with Crippen molar-refractivity contribution in [3.63, 3.8) is 0 Å². The molecule has 2 aliphatic rings. The SMILES string of the molecule is O=C(Nc1nnc(C2CC2)s1)N(Cc1ccccc1O)CC1CCCO1. The van der Waals surface area contributed by atoms with Crippen LogP contribution in [-0.4, -0.2) is 45.5 Å². The lowest BCUT2D eigenvalue weighted by Crippen LogP contribution is -2.39. The maximum absolute atomic E-state index is 12.8. The van der Waals surface area contributed by atoms with E-state index in [-0.39, 0.29) is 17.9 Å². The number of urea groups is 1. The number of carbonyl (C=O) groups is 1. The van der Waals surface area contributed by atoms with Crippen LogP contribution in [-0.2, 0) is 11.3 Å². The molecule has 1 aromatic carbocycles.